The summed E-state index contributed by atoms with van der Waals surface area (Å²) in [5, 5.41) is 15.7. The van der Waals surface area contributed by atoms with E-state index < -0.39 is 18.0 Å². The van der Waals surface area contributed by atoms with Gasteiger partial charge in [-0.05, 0) is 6.92 Å². The van der Waals surface area contributed by atoms with Gasteiger partial charge < -0.3 is 25.4 Å². The van der Waals surface area contributed by atoms with Crippen LogP contribution in [0.15, 0.2) is 25.3 Å². The molecule has 0 atom stereocenters. The molecule has 8 nitrogen and oxygen atoms in total. The van der Waals surface area contributed by atoms with Crippen molar-refractivity contribution in [1.29, 1.82) is 0 Å². The number of carbonyl (C=O) groups is 3. The molecular formula is C11H19NO7. The minimum atomic E-state index is -0.981. The van der Waals surface area contributed by atoms with Crippen LogP contribution in [0.4, 0.5) is 4.79 Å². The van der Waals surface area contributed by atoms with Crippen LogP contribution in [-0.2, 0) is 19.1 Å². The highest BCUT2D eigenvalue weighted by Gasteiger charge is 1.90. The first-order valence-corrected chi connectivity index (χ1v) is 5.03. The Morgan fingerprint density at radius 3 is 1.84 bits per heavy atom. The third kappa shape index (κ3) is 39.0. The predicted molar refractivity (Wildman–Crippen MR) is 67.3 cm³/mol. The number of carboxylic acids is 1. The molecule has 0 radical (unpaired) electrons. The van der Waals surface area contributed by atoms with E-state index >= 15 is 0 Å². The molecule has 0 aliphatic heterocycles. The Hall–Kier alpha value is -2.35. The minimum Gasteiger partial charge on any atom is -0.478 e. The number of nitrogens with two attached hydrogens (primary N) is 1. The average Bonchev–Trinajstić information content (AvgIpc) is 2.37. The number of amides is 1. The Bertz CT molecular complexity index is 289. The molecule has 0 aliphatic rings. The summed E-state index contributed by atoms with van der Waals surface area (Å²) >= 11 is 0. The lowest BCUT2D eigenvalue weighted by Crippen LogP contribution is -2.11. The lowest BCUT2D eigenvalue weighted by Gasteiger charge is -1.94. The summed E-state index contributed by atoms with van der Waals surface area (Å²) in [7, 11) is 0. The summed E-state index contributed by atoms with van der Waals surface area (Å²) in [5.41, 5.74) is 4.54. The number of primary amides is 1. The van der Waals surface area contributed by atoms with Crippen molar-refractivity contribution in [2.24, 2.45) is 5.73 Å². The molecule has 0 saturated heterocycles. The summed E-state index contributed by atoms with van der Waals surface area (Å²) in [6.45, 7) is 8.08. The minimum absolute atomic E-state index is 0.0465. The average molecular weight is 277 g/mol. The number of aliphatic carboxylic acids is 1. The highest BCUT2D eigenvalue weighted by atomic mass is 16.5. The van der Waals surface area contributed by atoms with Gasteiger partial charge in [0.2, 0.25) is 0 Å². The molecule has 0 spiro atoms. The molecule has 0 saturated carbocycles. The van der Waals surface area contributed by atoms with E-state index in [4.69, 9.17) is 10.2 Å². The molecule has 0 aromatic rings. The lowest BCUT2D eigenvalue weighted by molar-refractivity contribution is -0.138. The highest BCUT2D eigenvalue weighted by molar-refractivity contribution is 5.81. The molecule has 1 amide bonds. The van der Waals surface area contributed by atoms with E-state index in [1.54, 1.807) is 6.92 Å². The van der Waals surface area contributed by atoms with Crippen LogP contribution in [0.5, 0.6) is 0 Å². The van der Waals surface area contributed by atoms with Gasteiger partial charge in [0.15, 0.2) is 0 Å². The van der Waals surface area contributed by atoms with Crippen LogP contribution in [0.3, 0.4) is 0 Å². The second-order valence-electron chi connectivity index (χ2n) is 2.39. The zero-order valence-electron chi connectivity index (χ0n) is 10.7. The third-order valence-corrected chi connectivity index (χ3v) is 0.963. The maximum absolute atomic E-state index is 10.1. The van der Waals surface area contributed by atoms with Crippen LogP contribution in [0.2, 0.25) is 0 Å². The van der Waals surface area contributed by atoms with Gasteiger partial charge in [-0.2, -0.15) is 0 Å². The van der Waals surface area contributed by atoms with Gasteiger partial charge in [0.25, 0.3) is 0 Å². The molecule has 0 rings (SSSR count). The molecule has 110 valence electrons. The molecule has 0 unspecified atom stereocenters. The second-order valence-corrected chi connectivity index (χ2v) is 2.39. The smallest absolute Gasteiger partial charge is 0.404 e. The molecule has 8 heteroatoms. The van der Waals surface area contributed by atoms with E-state index in [2.05, 4.69) is 28.4 Å². The van der Waals surface area contributed by atoms with Crippen LogP contribution >= 0.6 is 0 Å². The van der Waals surface area contributed by atoms with Crippen molar-refractivity contribution >= 4 is 18.0 Å². The SMILES string of the molecule is C=CC(=O)O.C=CC(=O)OCCO.CCOC(N)=O. The lowest BCUT2D eigenvalue weighted by atomic mass is 10.6. The van der Waals surface area contributed by atoms with Gasteiger partial charge in [-0.25, -0.2) is 14.4 Å². The van der Waals surface area contributed by atoms with E-state index in [1.165, 1.54) is 0 Å². The zero-order chi connectivity index (χ0) is 15.7. The molecule has 0 heterocycles. The van der Waals surface area contributed by atoms with Crippen LogP contribution in [0.1, 0.15) is 6.92 Å². The van der Waals surface area contributed by atoms with Crippen molar-refractivity contribution in [3.05, 3.63) is 25.3 Å². The third-order valence-electron chi connectivity index (χ3n) is 0.963. The number of carbonyl (C=O) groups excluding carboxylic acids is 2. The maximum Gasteiger partial charge on any atom is 0.404 e. The number of esters is 1. The number of hydrogen-bond acceptors (Lipinski definition) is 6. The summed E-state index contributed by atoms with van der Waals surface area (Å²) in [6.07, 6.45) is 1.17. The molecule has 19 heavy (non-hydrogen) atoms. The largest absolute Gasteiger partial charge is 0.478 e. The van der Waals surface area contributed by atoms with Crippen molar-refractivity contribution in [3.63, 3.8) is 0 Å². The summed E-state index contributed by atoms with van der Waals surface area (Å²) in [6, 6.07) is 0. The fourth-order valence-corrected chi connectivity index (χ4v) is 0.347. The summed E-state index contributed by atoms with van der Waals surface area (Å²) in [4.78, 5) is 29.0. The molecule has 0 aliphatic carbocycles. The number of aliphatic hydroxyl groups excluding tert-OH is 1. The van der Waals surface area contributed by atoms with Gasteiger partial charge in [-0.3, -0.25) is 0 Å². The molecule has 0 aromatic heterocycles. The number of rotatable bonds is 5. The van der Waals surface area contributed by atoms with Crippen molar-refractivity contribution in [2.45, 2.75) is 6.92 Å². The van der Waals surface area contributed by atoms with Crippen molar-refractivity contribution in [1.82, 2.24) is 0 Å². The van der Waals surface area contributed by atoms with Crippen LogP contribution < -0.4 is 5.73 Å². The number of ether oxygens (including phenoxy) is 2. The van der Waals surface area contributed by atoms with Crippen LogP contribution in [0, 0.1) is 0 Å². The van der Waals surface area contributed by atoms with E-state index in [0.717, 1.165) is 12.2 Å². The first-order valence-electron chi connectivity index (χ1n) is 5.03. The number of aliphatic hydroxyl groups is 1. The van der Waals surface area contributed by atoms with E-state index in [1.807, 2.05) is 0 Å². The zero-order valence-corrected chi connectivity index (χ0v) is 10.7. The Morgan fingerprint density at radius 1 is 1.21 bits per heavy atom. The Balaban J connectivity index is -0.000000209. The molecular weight excluding hydrogens is 258 g/mol. The fourth-order valence-electron chi connectivity index (χ4n) is 0.347. The topological polar surface area (TPSA) is 136 Å². The van der Waals surface area contributed by atoms with E-state index in [0.29, 0.717) is 6.61 Å². The number of carboxylic acid groups (broad SMARTS) is 1. The quantitative estimate of drug-likeness (QED) is 0.477. The van der Waals surface area contributed by atoms with E-state index in [-0.39, 0.29) is 13.2 Å². The van der Waals surface area contributed by atoms with Crippen molar-refractivity contribution in [3.8, 4) is 0 Å². The molecule has 0 bridgehead atoms. The Labute approximate surface area is 111 Å². The standard InChI is InChI=1S/C5H8O3.C3H7NO2.C3H4O2/c1-2-5(7)8-4-3-6;1-2-6-3(4)5;1-2-3(4)5/h2,6H,1,3-4H2;2H2,1H3,(H2,4,5);2H,1H2,(H,4,5). The van der Waals surface area contributed by atoms with Crippen LogP contribution in [0.25, 0.3) is 0 Å². The highest BCUT2D eigenvalue weighted by Crippen LogP contribution is 1.75. The van der Waals surface area contributed by atoms with Crippen LogP contribution in [-0.4, -0.2) is 48.1 Å². The first kappa shape index (κ1) is 21.9. The normalized spacial score (nSPS) is 7.47. The molecule has 0 aromatic carbocycles. The van der Waals surface area contributed by atoms with Gasteiger partial charge >= 0.3 is 18.0 Å². The van der Waals surface area contributed by atoms with E-state index in [9.17, 15) is 14.4 Å². The Morgan fingerprint density at radius 2 is 1.68 bits per heavy atom. The number of hydrogen-bond donors (Lipinski definition) is 3. The van der Waals surface area contributed by atoms with Gasteiger partial charge in [0.05, 0.1) is 13.2 Å². The van der Waals surface area contributed by atoms with Crippen molar-refractivity contribution in [2.75, 3.05) is 19.8 Å². The summed E-state index contributed by atoms with van der Waals surface area (Å²) < 4.78 is 8.51. The van der Waals surface area contributed by atoms with Gasteiger partial charge in [-0.15, -0.1) is 0 Å². The molecule has 0 fully saturated rings. The second kappa shape index (κ2) is 18.0. The Kier molecular flexibility index (Phi) is 20.8. The first-order chi connectivity index (χ1) is 8.85. The van der Waals surface area contributed by atoms with Gasteiger partial charge in [0, 0.05) is 12.2 Å². The van der Waals surface area contributed by atoms with Crippen molar-refractivity contribution < 1.29 is 34.1 Å². The fraction of sp³-hybridized carbons (Fsp3) is 0.364. The predicted octanol–water partition coefficient (Wildman–Crippen LogP) is 0.0665. The monoisotopic (exact) mass is 277 g/mol. The molecule has 4 N–H and O–H groups in total. The maximum atomic E-state index is 10.1. The van der Waals surface area contributed by atoms with Gasteiger partial charge in [-0.1, -0.05) is 13.2 Å². The van der Waals surface area contributed by atoms with Gasteiger partial charge in [0.1, 0.15) is 6.61 Å². The summed E-state index contributed by atoms with van der Waals surface area (Å²) in [5.74, 6) is -1.48.